The molecule has 0 aromatic heterocycles. The zero-order valence-corrected chi connectivity index (χ0v) is 62.0. The van der Waals surface area contributed by atoms with E-state index in [1.54, 1.807) is 0 Å². The van der Waals surface area contributed by atoms with E-state index in [2.05, 4.69) is 55.4 Å². The van der Waals surface area contributed by atoms with E-state index in [1.165, 1.54) is 161 Å². The summed E-state index contributed by atoms with van der Waals surface area (Å²) >= 11 is 0. The van der Waals surface area contributed by atoms with Gasteiger partial charge in [0.25, 0.3) is 0 Å². The molecule has 7 atom stereocenters. The van der Waals surface area contributed by atoms with E-state index in [0.29, 0.717) is 25.7 Å². The van der Waals surface area contributed by atoms with Gasteiger partial charge in [-0.1, -0.05) is 312 Å². The van der Waals surface area contributed by atoms with Crippen molar-refractivity contribution in [3.8, 4) is 0 Å². The van der Waals surface area contributed by atoms with Crippen LogP contribution < -0.4 is 0 Å². The number of hydrogen-bond acceptors (Lipinski definition) is 15. The van der Waals surface area contributed by atoms with Gasteiger partial charge in [0.15, 0.2) is 12.2 Å². The molecule has 0 aromatic rings. The van der Waals surface area contributed by atoms with E-state index in [9.17, 15) is 43.2 Å². The van der Waals surface area contributed by atoms with E-state index < -0.39 is 97.5 Å². The number of rotatable bonds is 70. The Morgan fingerprint density at radius 3 is 0.772 bits per heavy atom. The molecule has 0 aliphatic rings. The van der Waals surface area contributed by atoms with Crippen LogP contribution in [-0.2, 0) is 65.4 Å². The van der Waals surface area contributed by atoms with Gasteiger partial charge in [-0.15, -0.1) is 0 Å². The minimum Gasteiger partial charge on any atom is -0.462 e. The molecule has 0 bridgehead atoms. The van der Waals surface area contributed by atoms with Gasteiger partial charge in [-0.3, -0.25) is 37.3 Å². The molecule has 0 aromatic carbocycles. The van der Waals surface area contributed by atoms with Gasteiger partial charge in [-0.05, 0) is 49.4 Å². The Morgan fingerprint density at radius 2 is 0.522 bits per heavy atom. The Hall–Kier alpha value is -1.94. The predicted octanol–water partition coefficient (Wildman–Crippen LogP) is 20.9. The highest BCUT2D eigenvalue weighted by atomic mass is 31.2. The number of esters is 4. The highest BCUT2D eigenvalue weighted by molar-refractivity contribution is 7.47. The third-order valence-corrected chi connectivity index (χ3v) is 19.4. The quantitative estimate of drug-likeness (QED) is 0.0222. The van der Waals surface area contributed by atoms with Crippen LogP contribution in [0.3, 0.4) is 0 Å². The van der Waals surface area contributed by atoms with Gasteiger partial charge in [-0.2, -0.15) is 0 Å². The van der Waals surface area contributed by atoms with E-state index in [4.69, 9.17) is 37.0 Å². The zero-order chi connectivity index (χ0) is 68.2. The van der Waals surface area contributed by atoms with Gasteiger partial charge in [0.1, 0.15) is 19.3 Å². The van der Waals surface area contributed by atoms with Crippen molar-refractivity contribution in [2.45, 2.75) is 382 Å². The summed E-state index contributed by atoms with van der Waals surface area (Å²) in [6.07, 6.45) is 45.7. The molecular weight excluding hydrogens is 1210 g/mol. The fourth-order valence-corrected chi connectivity index (χ4v) is 12.5. The smallest absolute Gasteiger partial charge is 0.462 e. The van der Waals surface area contributed by atoms with Crippen molar-refractivity contribution >= 4 is 39.5 Å². The maximum atomic E-state index is 13.1. The molecule has 0 heterocycles. The highest BCUT2D eigenvalue weighted by Crippen LogP contribution is 2.45. The van der Waals surface area contributed by atoms with E-state index in [0.717, 1.165) is 120 Å². The first kappa shape index (κ1) is 90.1. The molecule has 4 unspecified atom stereocenters. The van der Waals surface area contributed by atoms with Crippen LogP contribution in [0.4, 0.5) is 0 Å². The van der Waals surface area contributed by atoms with Gasteiger partial charge in [0, 0.05) is 25.7 Å². The van der Waals surface area contributed by atoms with Crippen LogP contribution in [0.5, 0.6) is 0 Å². The molecule has 0 amide bonds. The monoisotopic (exact) mass is 1350 g/mol. The third-order valence-electron chi connectivity index (χ3n) is 17.5. The largest absolute Gasteiger partial charge is 0.472 e. The SMILES string of the molecule is CCC(C)CCCCCCCCCCCCC(=O)OC[C@H](COP(=O)(O)OC[C@@H](O)COP(=O)(O)OC[C@@H](COC(=O)CCCCCCCCC(C)CC)OC(=O)CCCCCCCCCCCC(C)C)OC(=O)CCCCCCCCCCCCCCCC(C)C. The first-order valence-corrected chi connectivity index (χ1v) is 40.8. The molecule has 0 saturated carbocycles. The van der Waals surface area contributed by atoms with Gasteiger partial charge in [0.2, 0.25) is 0 Å². The molecular formula is C73H142O17P2. The number of carbonyl (C=O) groups excluding carboxylic acids is 4. The van der Waals surface area contributed by atoms with Crippen LogP contribution in [0.15, 0.2) is 0 Å². The summed E-state index contributed by atoms with van der Waals surface area (Å²) < 4.78 is 68.4. The van der Waals surface area contributed by atoms with Gasteiger partial charge in [0.05, 0.1) is 26.4 Å². The molecule has 0 aliphatic heterocycles. The molecule has 0 radical (unpaired) electrons. The number of aliphatic hydroxyl groups is 1. The lowest BCUT2D eigenvalue weighted by Crippen LogP contribution is -2.30. The van der Waals surface area contributed by atoms with Crippen molar-refractivity contribution in [2.75, 3.05) is 39.6 Å². The second kappa shape index (κ2) is 62.6. The topological polar surface area (TPSA) is 237 Å². The van der Waals surface area contributed by atoms with Crippen molar-refractivity contribution < 1.29 is 80.2 Å². The van der Waals surface area contributed by atoms with Crippen molar-refractivity contribution in [1.82, 2.24) is 0 Å². The fourth-order valence-electron chi connectivity index (χ4n) is 11.0. The Kier molecular flexibility index (Phi) is 61.3. The first-order valence-electron chi connectivity index (χ1n) is 37.8. The number of hydrogen-bond donors (Lipinski definition) is 3. The second-order valence-corrected chi connectivity index (χ2v) is 30.7. The third kappa shape index (κ3) is 64.1. The minimum atomic E-state index is -4.96. The van der Waals surface area contributed by atoms with Gasteiger partial charge >= 0.3 is 39.5 Å². The molecule has 0 rings (SSSR count). The Labute approximate surface area is 562 Å². The summed E-state index contributed by atoms with van der Waals surface area (Å²) in [6, 6.07) is 0. The summed E-state index contributed by atoms with van der Waals surface area (Å²) in [5.41, 5.74) is 0. The Bertz CT molecular complexity index is 1820. The number of aliphatic hydroxyl groups excluding tert-OH is 1. The van der Waals surface area contributed by atoms with E-state index in [-0.39, 0.29) is 25.7 Å². The van der Waals surface area contributed by atoms with Crippen molar-refractivity contribution in [1.29, 1.82) is 0 Å². The molecule has 0 saturated heterocycles. The van der Waals surface area contributed by atoms with Crippen LogP contribution in [0.25, 0.3) is 0 Å². The minimum absolute atomic E-state index is 0.104. The van der Waals surface area contributed by atoms with Crippen molar-refractivity contribution in [3.63, 3.8) is 0 Å². The first-order chi connectivity index (χ1) is 44.2. The maximum Gasteiger partial charge on any atom is 0.472 e. The zero-order valence-electron chi connectivity index (χ0n) is 60.2. The van der Waals surface area contributed by atoms with Crippen LogP contribution in [0.2, 0.25) is 0 Å². The molecule has 546 valence electrons. The lowest BCUT2D eigenvalue weighted by molar-refractivity contribution is -0.161. The number of ether oxygens (including phenoxy) is 4. The van der Waals surface area contributed by atoms with Crippen molar-refractivity contribution in [3.05, 3.63) is 0 Å². The molecule has 0 spiro atoms. The Morgan fingerprint density at radius 1 is 0.304 bits per heavy atom. The predicted molar refractivity (Wildman–Crippen MR) is 372 cm³/mol. The summed E-state index contributed by atoms with van der Waals surface area (Å²) in [6.45, 7) is 14.2. The Balaban J connectivity index is 5.27. The lowest BCUT2D eigenvalue weighted by Gasteiger charge is -2.21. The molecule has 0 aliphatic carbocycles. The number of carbonyl (C=O) groups is 4. The number of unbranched alkanes of at least 4 members (excludes halogenated alkanes) is 34. The van der Waals surface area contributed by atoms with Crippen LogP contribution >= 0.6 is 15.6 Å². The average molecular weight is 1350 g/mol. The van der Waals surface area contributed by atoms with Crippen LogP contribution in [0, 0.1) is 23.7 Å². The highest BCUT2D eigenvalue weighted by Gasteiger charge is 2.30. The second-order valence-electron chi connectivity index (χ2n) is 27.8. The van der Waals surface area contributed by atoms with Gasteiger partial charge < -0.3 is 33.8 Å². The van der Waals surface area contributed by atoms with Crippen LogP contribution in [-0.4, -0.2) is 96.7 Å². The number of phosphoric ester groups is 2. The maximum absolute atomic E-state index is 13.1. The molecule has 19 heteroatoms. The lowest BCUT2D eigenvalue weighted by atomic mass is 9.99. The normalized spacial score (nSPS) is 14.8. The molecule has 3 N–H and O–H groups in total. The summed E-state index contributed by atoms with van der Waals surface area (Å²) in [5.74, 6) is 0.937. The average Bonchev–Trinajstić information content (AvgIpc) is 2.58. The molecule has 17 nitrogen and oxygen atoms in total. The standard InChI is InChI=1S/C73H142O17P2/c1-9-65(7)51-43-35-27-21-16-17-22-28-37-45-53-70(75)83-59-68(89-72(77)55-47-39-29-23-15-13-11-12-14-19-25-33-41-49-63(3)4)61-87-91(79,80)85-57-67(74)58-86-92(81,82)88-62-69(60-84-71(76)54-46-38-32-31-36-44-52-66(8)10-2)90-73(78)56-48-40-30-24-18-20-26-34-42-50-64(5)6/h63-69,74H,9-62H2,1-8H3,(H,79,80)(H,81,82)/t65?,66?,67-,68-,69-/m1/s1. The fraction of sp³-hybridized carbons (Fsp3) is 0.945. The summed E-state index contributed by atoms with van der Waals surface area (Å²) in [5, 5.41) is 10.6. The summed E-state index contributed by atoms with van der Waals surface area (Å²) in [7, 11) is -9.91. The summed E-state index contributed by atoms with van der Waals surface area (Å²) in [4.78, 5) is 72.7. The number of phosphoric acid groups is 2. The van der Waals surface area contributed by atoms with Gasteiger partial charge in [-0.25, -0.2) is 9.13 Å². The van der Waals surface area contributed by atoms with E-state index >= 15 is 0 Å². The molecule has 0 fully saturated rings. The van der Waals surface area contributed by atoms with E-state index in [1.807, 2.05) is 0 Å². The molecule has 92 heavy (non-hydrogen) atoms. The van der Waals surface area contributed by atoms with Crippen molar-refractivity contribution in [2.24, 2.45) is 23.7 Å². The van der Waals surface area contributed by atoms with Crippen LogP contribution in [0.1, 0.15) is 364 Å².